The molecule has 0 saturated carbocycles. The van der Waals surface area contributed by atoms with E-state index in [9.17, 15) is 0 Å². The first-order valence-corrected chi connectivity index (χ1v) is 6.92. The van der Waals surface area contributed by atoms with Crippen molar-refractivity contribution in [3.63, 3.8) is 0 Å². The number of ether oxygens (including phenoxy) is 1. The lowest BCUT2D eigenvalue weighted by Gasteiger charge is -2.14. The molecule has 1 atom stereocenters. The van der Waals surface area contributed by atoms with Crippen LogP contribution in [-0.4, -0.2) is 42.0 Å². The summed E-state index contributed by atoms with van der Waals surface area (Å²) in [7, 11) is 0. The molecule has 1 aromatic heterocycles. The Labute approximate surface area is 137 Å². The molecule has 1 unspecified atom stereocenters. The topological polar surface area (TPSA) is 74.3 Å². The summed E-state index contributed by atoms with van der Waals surface area (Å²) in [4.78, 5) is 4.56. The van der Waals surface area contributed by atoms with Crippen molar-refractivity contribution < 1.29 is 4.74 Å². The zero-order chi connectivity index (χ0) is 13.5. The van der Waals surface area contributed by atoms with Crippen LogP contribution in [-0.2, 0) is 11.3 Å². The van der Waals surface area contributed by atoms with Gasteiger partial charge < -0.3 is 15.4 Å². The Morgan fingerprint density at radius 1 is 1.55 bits per heavy atom. The number of hydrogen-bond donors (Lipinski definition) is 3. The van der Waals surface area contributed by atoms with Crippen LogP contribution in [0, 0.1) is 6.92 Å². The van der Waals surface area contributed by atoms with Gasteiger partial charge in [0.15, 0.2) is 5.96 Å². The van der Waals surface area contributed by atoms with E-state index in [0.29, 0.717) is 12.6 Å². The molecule has 2 heterocycles. The van der Waals surface area contributed by atoms with Crippen LogP contribution in [0.2, 0.25) is 0 Å². The Morgan fingerprint density at radius 3 is 3.00 bits per heavy atom. The number of nitrogens with one attached hydrogen (secondary N) is 3. The second kappa shape index (κ2) is 9.17. The van der Waals surface area contributed by atoms with E-state index < -0.39 is 0 Å². The number of rotatable bonds is 5. The van der Waals surface area contributed by atoms with Crippen LogP contribution in [0.25, 0.3) is 0 Å². The Hall–Kier alpha value is -0.830. The zero-order valence-electron chi connectivity index (χ0n) is 12.1. The van der Waals surface area contributed by atoms with Crippen molar-refractivity contribution >= 4 is 29.9 Å². The van der Waals surface area contributed by atoms with Crippen LogP contribution in [0.4, 0.5) is 0 Å². The highest BCUT2D eigenvalue weighted by molar-refractivity contribution is 14.0. The van der Waals surface area contributed by atoms with Crippen LogP contribution < -0.4 is 10.6 Å². The van der Waals surface area contributed by atoms with E-state index in [4.69, 9.17) is 4.74 Å². The quantitative estimate of drug-likeness (QED) is 0.404. The van der Waals surface area contributed by atoms with E-state index in [1.165, 1.54) is 0 Å². The average molecular weight is 393 g/mol. The largest absolute Gasteiger partial charge is 0.376 e. The van der Waals surface area contributed by atoms with Crippen molar-refractivity contribution in [1.29, 1.82) is 0 Å². The highest BCUT2D eigenvalue weighted by Gasteiger charge is 2.15. The van der Waals surface area contributed by atoms with E-state index in [0.717, 1.165) is 49.8 Å². The summed E-state index contributed by atoms with van der Waals surface area (Å²) in [6.07, 6.45) is 4.43. The average Bonchev–Trinajstić information content (AvgIpc) is 3.04. The van der Waals surface area contributed by atoms with Crippen molar-refractivity contribution in [3.8, 4) is 0 Å². The van der Waals surface area contributed by atoms with Crippen LogP contribution in [0.3, 0.4) is 0 Å². The first kappa shape index (κ1) is 17.2. The molecule has 1 aliphatic rings. The van der Waals surface area contributed by atoms with Gasteiger partial charge in [0.05, 0.1) is 18.8 Å². The highest BCUT2D eigenvalue weighted by atomic mass is 127. The molecular formula is C13H24IN5O. The highest BCUT2D eigenvalue weighted by Crippen LogP contribution is 2.10. The van der Waals surface area contributed by atoms with Crippen molar-refractivity contribution in [2.45, 2.75) is 39.3 Å². The number of aromatic nitrogens is 2. The fraction of sp³-hybridized carbons (Fsp3) is 0.692. The van der Waals surface area contributed by atoms with Gasteiger partial charge in [-0.05, 0) is 26.7 Å². The van der Waals surface area contributed by atoms with Crippen molar-refractivity contribution in [3.05, 3.63) is 17.5 Å². The maximum absolute atomic E-state index is 5.59. The molecule has 0 spiro atoms. The molecule has 0 aromatic carbocycles. The Balaban J connectivity index is 0.00000200. The van der Waals surface area contributed by atoms with Gasteiger partial charge in [-0.15, -0.1) is 24.0 Å². The molecule has 0 amide bonds. The lowest BCUT2D eigenvalue weighted by Crippen LogP contribution is -2.41. The van der Waals surface area contributed by atoms with Crippen molar-refractivity contribution in [2.24, 2.45) is 4.99 Å². The minimum atomic E-state index is 0. The zero-order valence-corrected chi connectivity index (χ0v) is 14.4. The number of H-pyrrole nitrogens is 1. The number of halogens is 1. The van der Waals surface area contributed by atoms with E-state index in [1.807, 2.05) is 13.1 Å². The van der Waals surface area contributed by atoms with E-state index in [-0.39, 0.29) is 24.0 Å². The van der Waals surface area contributed by atoms with Gasteiger partial charge in [0.25, 0.3) is 0 Å². The summed E-state index contributed by atoms with van der Waals surface area (Å²) >= 11 is 0. The van der Waals surface area contributed by atoms with Gasteiger partial charge in [0.1, 0.15) is 0 Å². The molecule has 1 saturated heterocycles. The fourth-order valence-corrected chi connectivity index (χ4v) is 2.06. The van der Waals surface area contributed by atoms with Gasteiger partial charge in [-0.3, -0.25) is 5.10 Å². The molecule has 3 N–H and O–H groups in total. The minimum Gasteiger partial charge on any atom is -0.376 e. The molecule has 2 rings (SSSR count). The summed E-state index contributed by atoms with van der Waals surface area (Å²) in [6.45, 7) is 7.24. The molecule has 1 fully saturated rings. The summed E-state index contributed by atoms with van der Waals surface area (Å²) < 4.78 is 5.59. The third-order valence-electron chi connectivity index (χ3n) is 3.21. The minimum absolute atomic E-state index is 0. The van der Waals surface area contributed by atoms with Gasteiger partial charge in [-0.1, -0.05) is 0 Å². The maximum Gasteiger partial charge on any atom is 0.191 e. The van der Waals surface area contributed by atoms with Gasteiger partial charge in [0, 0.05) is 31.0 Å². The van der Waals surface area contributed by atoms with E-state index >= 15 is 0 Å². The van der Waals surface area contributed by atoms with Crippen molar-refractivity contribution in [2.75, 3.05) is 19.7 Å². The van der Waals surface area contributed by atoms with Crippen LogP contribution in [0.1, 0.15) is 31.0 Å². The molecular weight excluding hydrogens is 369 g/mol. The Morgan fingerprint density at radius 2 is 2.40 bits per heavy atom. The number of aryl methyl sites for hydroxylation is 1. The lowest BCUT2D eigenvalue weighted by molar-refractivity contribution is 0.114. The summed E-state index contributed by atoms with van der Waals surface area (Å²) in [5.41, 5.74) is 2.19. The summed E-state index contributed by atoms with van der Waals surface area (Å²) in [5.74, 6) is 0.832. The normalized spacial score (nSPS) is 18.7. The van der Waals surface area contributed by atoms with Gasteiger partial charge in [0.2, 0.25) is 0 Å². The monoisotopic (exact) mass is 393 g/mol. The second-order valence-electron chi connectivity index (χ2n) is 4.73. The van der Waals surface area contributed by atoms with Gasteiger partial charge in [-0.25, -0.2) is 4.99 Å². The smallest absolute Gasteiger partial charge is 0.191 e. The lowest BCUT2D eigenvalue weighted by atomic mass is 10.2. The van der Waals surface area contributed by atoms with Crippen LogP contribution in [0.15, 0.2) is 11.2 Å². The molecule has 20 heavy (non-hydrogen) atoms. The number of guanidine groups is 1. The SMILES string of the molecule is CCNC(=NCc1cn[nH]c1C)NCC1CCCO1.I. The predicted molar refractivity (Wildman–Crippen MR) is 90.5 cm³/mol. The van der Waals surface area contributed by atoms with Crippen molar-refractivity contribution in [1.82, 2.24) is 20.8 Å². The van der Waals surface area contributed by atoms with Crippen LogP contribution in [0.5, 0.6) is 0 Å². The number of aliphatic imine (C=N–C) groups is 1. The standard InChI is InChI=1S/C13H23N5O.HI/c1-3-14-13(16-9-12-5-4-6-19-12)15-7-11-8-17-18-10(11)2;/h8,12H,3-7,9H2,1-2H3,(H,17,18)(H2,14,15,16);1H. The molecule has 0 bridgehead atoms. The number of nitrogens with zero attached hydrogens (tertiary/aromatic N) is 2. The first-order chi connectivity index (χ1) is 9.29. The maximum atomic E-state index is 5.59. The second-order valence-corrected chi connectivity index (χ2v) is 4.73. The van der Waals surface area contributed by atoms with Crippen LogP contribution >= 0.6 is 24.0 Å². The summed E-state index contributed by atoms with van der Waals surface area (Å²) in [6, 6.07) is 0. The Bertz CT molecular complexity index is 415. The molecule has 0 radical (unpaired) electrons. The van der Waals surface area contributed by atoms with E-state index in [2.05, 4.69) is 32.7 Å². The molecule has 0 aliphatic carbocycles. The predicted octanol–water partition coefficient (Wildman–Crippen LogP) is 1.57. The molecule has 114 valence electrons. The Kier molecular flexibility index (Phi) is 7.90. The van der Waals surface area contributed by atoms with Gasteiger partial charge in [-0.2, -0.15) is 5.10 Å². The molecule has 6 nitrogen and oxygen atoms in total. The van der Waals surface area contributed by atoms with E-state index in [1.54, 1.807) is 0 Å². The molecule has 1 aliphatic heterocycles. The van der Waals surface area contributed by atoms with Gasteiger partial charge >= 0.3 is 0 Å². The first-order valence-electron chi connectivity index (χ1n) is 6.92. The number of aromatic amines is 1. The third kappa shape index (κ3) is 5.28. The third-order valence-corrected chi connectivity index (χ3v) is 3.21. The number of hydrogen-bond acceptors (Lipinski definition) is 3. The fourth-order valence-electron chi connectivity index (χ4n) is 2.06. The molecule has 1 aromatic rings. The summed E-state index contributed by atoms with van der Waals surface area (Å²) in [5, 5.41) is 13.5. The molecule has 7 heteroatoms.